The number of hydrogen-bond acceptors (Lipinski definition) is 11. The Labute approximate surface area is 343 Å². The number of cyclic esters (lactones) is 1. The molecule has 2 aliphatic heterocycles. The van der Waals surface area contributed by atoms with Gasteiger partial charge in [-0.2, -0.15) is 0 Å². The number of aromatic nitrogens is 1. The number of carbonyl (C=O) groups excluding carboxylic acids is 1. The molecule has 1 amide bonds. The van der Waals surface area contributed by atoms with Gasteiger partial charge in [0.05, 0.1) is 43.3 Å². The molecule has 3 aliphatic rings. The minimum absolute atomic E-state index is 0.00881. The Morgan fingerprint density at radius 3 is 2.12 bits per heavy atom. The number of aromatic carboxylic acids is 1. The van der Waals surface area contributed by atoms with Crippen LogP contribution in [0.15, 0.2) is 102 Å². The largest absolute Gasteiger partial charge is 0.488 e. The number of aliphatic hydroxyl groups is 1. The predicted molar refractivity (Wildman–Crippen MR) is 215 cm³/mol. The van der Waals surface area contributed by atoms with Crippen LogP contribution in [0.5, 0.6) is 5.75 Å². The maximum Gasteiger partial charge on any atom is 0.475 e. The zero-order valence-electron chi connectivity index (χ0n) is 32.3. The molecule has 1 aliphatic carbocycles. The van der Waals surface area contributed by atoms with Gasteiger partial charge in [0.15, 0.2) is 11.6 Å². The molecule has 1 atom stereocenters. The van der Waals surface area contributed by atoms with E-state index in [9.17, 15) is 29.2 Å². The molecule has 1 aromatic heterocycles. The van der Waals surface area contributed by atoms with E-state index in [0.717, 1.165) is 36.1 Å². The highest BCUT2D eigenvalue weighted by atomic mass is 31.2. The second kappa shape index (κ2) is 17.1. The van der Waals surface area contributed by atoms with Gasteiger partial charge in [0.2, 0.25) is 5.43 Å². The molecule has 60 heavy (non-hydrogen) atoms. The van der Waals surface area contributed by atoms with Gasteiger partial charge in [-0.1, -0.05) is 60.7 Å². The van der Waals surface area contributed by atoms with Crippen LogP contribution in [0, 0.1) is 11.6 Å². The highest BCUT2D eigenvalue weighted by molar-refractivity contribution is 7.48. The molecule has 5 aromatic rings. The summed E-state index contributed by atoms with van der Waals surface area (Å²) in [6, 6.07) is 24.7. The molecular weight excluding hydrogens is 803 g/mol. The van der Waals surface area contributed by atoms with Crippen LogP contribution in [-0.2, 0) is 36.1 Å². The van der Waals surface area contributed by atoms with Gasteiger partial charge in [-0.3, -0.25) is 23.3 Å². The molecule has 8 rings (SSSR count). The van der Waals surface area contributed by atoms with Crippen molar-refractivity contribution in [3.63, 3.8) is 0 Å². The third-order valence-corrected chi connectivity index (χ3v) is 12.1. The summed E-state index contributed by atoms with van der Waals surface area (Å²) < 4.78 is 74.4. The number of ether oxygens (including phenoxy) is 2. The summed E-state index contributed by atoms with van der Waals surface area (Å²) in [6.45, 7) is -0.301. The van der Waals surface area contributed by atoms with Gasteiger partial charge in [0, 0.05) is 36.8 Å². The second-order valence-corrected chi connectivity index (χ2v) is 16.8. The van der Waals surface area contributed by atoms with Crippen molar-refractivity contribution in [3.8, 4) is 5.75 Å². The van der Waals surface area contributed by atoms with E-state index < -0.39 is 54.2 Å². The van der Waals surface area contributed by atoms with Gasteiger partial charge in [-0.25, -0.2) is 22.9 Å². The third kappa shape index (κ3) is 9.23. The van der Waals surface area contributed by atoms with Crippen LogP contribution in [0.25, 0.3) is 10.9 Å². The Bertz CT molecular complexity index is 2450. The highest BCUT2D eigenvalue weighted by Crippen LogP contribution is 2.51. The van der Waals surface area contributed by atoms with E-state index >= 15 is 8.78 Å². The zero-order valence-corrected chi connectivity index (χ0v) is 33.2. The molecular formula is C43H42F2N3O11P. The number of benzene rings is 4. The van der Waals surface area contributed by atoms with Gasteiger partial charge >= 0.3 is 19.9 Å². The first-order valence-corrected chi connectivity index (χ1v) is 20.9. The molecule has 314 valence electrons. The van der Waals surface area contributed by atoms with E-state index in [2.05, 4.69) is 0 Å². The Morgan fingerprint density at radius 1 is 0.867 bits per heavy atom. The summed E-state index contributed by atoms with van der Waals surface area (Å²) in [5.74, 6) is -3.01. The van der Waals surface area contributed by atoms with E-state index in [1.807, 2.05) is 36.4 Å². The fourth-order valence-electron chi connectivity index (χ4n) is 7.26. The summed E-state index contributed by atoms with van der Waals surface area (Å²) >= 11 is 0. The van der Waals surface area contributed by atoms with Gasteiger partial charge in [0.25, 0.3) is 0 Å². The van der Waals surface area contributed by atoms with E-state index in [-0.39, 0.29) is 87.5 Å². The number of fused-ring (bicyclic) bond motifs is 1. The van der Waals surface area contributed by atoms with E-state index in [1.165, 1.54) is 23.2 Å². The number of phosphoric ester groups is 1. The van der Waals surface area contributed by atoms with Crippen LogP contribution in [0.4, 0.5) is 25.0 Å². The highest BCUT2D eigenvalue weighted by Gasteiger charge is 2.38. The Kier molecular flexibility index (Phi) is 11.7. The maximum atomic E-state index is 15.5. The lowest BCUT2D eigenvalue weighted by molar-refractivity contribution is -0.0250. The molecule has 14 nitrogen and oxygen atoms in total. The molecule has 17 heteroatoms. The number of amides is 1. The number of halogens is 2. The first kappa shape index (κ1) is 41.1. The summed E-state index contributed by atoms with van der Waals surface area (Å²) in [7, 11) is -4.15. The average molecular weight is 846 g/mol. The molecule has 2 saturated heterocycles. The fourth-order valence-corrected chi connectivity index (χ4v) is 8.45. The number of carboxylic acids is 1. The van der Waals surface area contributed by atoms with E-state index in [4.69, 9.17) is 23.0 Å². The number of piperidine rings is 1. The zero-order chi connectivity index (χ0) is 42.0. The number of rotatable bonds is 16. The standard InChI is InChI=1S/C43H42F2N3O11P/c44-35-20-33-37(47(30-11-12-30)23-34(40(33)49)41(50)51)21-38(35)46-17-15-43(53,16-18-46)27-55-39-14-13-31(19-36(39)45)48-22-32(59-42(48)52)26-58-60(54,56-24-28-7-3-1-4-8-28)57-25-29-9-5-2-6-10-29/h1-10,13-14,19-21,23,30,32,53H,11-12,15-18,22,24-27H2,(H,50,51)/t32-/m1/s1. The van der Waals surface area contributed by atoms with Crippen molar-refractivity contribution in [2.75, 3.05) is 42.6 Å². The Balaban J connectivity index is 0.864. The van der Waals surface area contributed by atoms with Crippen LogP contribution in [0.1, 0.15) is 53.2 Å². The number of hydrogen-bond donors (Lipinski definition) is 2. The number of carboxylic acid groups (broad SMARTS) is 1. The fraction of sp³-hybridized carbons (Fsp3) is 0.326. The summed E-state index contributed by atoms with van der Waals surface area (Å²) in [5.41, 5.74) is -0.209. The minimum atomic E-state index is -4.15. The van der Waals surface area contributed by atoms with E-state index in [1.54, 1.807) is 39.8 Å². The van der Waals surface area contributed by atoms with E-state index in [0.29, 0.717) is 5.52 Å². The van der Waals surface area contributed by atoms with Crippen molar-refractivity contribution < 1.29 is 56.2 Å². The van der Waals surface area contributed by atoms with Gasteiger partial charge < -0.3 is 29.2 Å². The first-order valence-electron chi connectivity index (χ1n) is 19.5. The number of carbonyl (C=O) groups is 2. The topological polar surface area (TPSA) is 166 Å². The lowest BCUT2D eigenvalue weighted by Gasteiger charge is -2.39. The molecule has 3 heterocycles. The van der Waals surface area contributed by atoms with Crippen molar-refractivity contribution in [2.24, 2.45) is 0 Å². The van der Waals surface area contributed by atoms with Crippen molar-refractivity contribution >= 4 is 42.2 Å². The summed E-state index contributed by atoms with van der Waals surface area (Å²) in [5, 5.41) is 20.9. The smallest absolute Gasteiger partial charge is 0.475 e. The molecule has 1 saturated carbocycles. The predicted octanol–water partition coefficient (Wildman–Crippen LogP) is 7.61. The molecule has 3 fully saturated rings. The molecule has 0 bridgehead atoms. The van der Waals surface area contributed by atoms with Crippen LogP contribution in [-0.4, -0.2) is 71.4 Å². The van der Waals surface area contributed by atoms with Crippen LogP contribution < -0.4 is 20.0 Å². The summed E-state index contributed by atoms with van der Waals surface area (Å²) in [4.78, 5) is 40.4. The molecule has 0 unspecified atom stereocenters. The molecule has 2 N–H and O–H groups in total. The quantitative estimate of drug-likeness (QED) is 0.0936. The molecule has 0 spiro atoms. The van der Waals surface area contributed by atoms with Gasteiger partial charge in [0.1, 0.15) is 29.7 Å². The maximum absolute atomic E-state index is 15.5. The average Bonchev–Trinajstić information content (AvgIpc) is 4.03. The number of nitrogens with zero attached hydrogens (tertiary/aromatic N) is 3. The number of anilines is 2. The lowest BCUT2D eigenvalue weighted by atomic mass is 9.92. The lowest BCUT2D eigenvalue weighted by Crippen LogP contribution is -2.48. The Morgan fingerprint density at radius 2 is 1.52 bits per heavy atom. The first-order chi connectivity index (χ1) is 28.9. The van der Waals surface area contributed by atoms with Crippen LogP contribution in [0.3, 0.4) is 0 Å². The molecule has 0 radical (unpaired) electrons. The second-order valence-electron chi connectivity index (χ2n) is 15.1. The normalized spacial score (nSPS) is 17.9. The summed E-state index contributed by atoms with van der Waals surface area (Å²) in [6.07, 6.45) is 1.60. The number of pyridine rings is 1. The molecule has 4 aromatic carbocycles. The Hall–Kier alpha value is -5.64. The number of phosphoric acid groups is 1. The SMILES string of the molecule is O=C(O)c1cn(C2CC2)c2cc(N3CCC(O)(COc4ccc(N5C[C@H](COP(=O)(OCc6ccccc6)OCc6ccccc6)OC5=O)cc4F)CC3)c(F)cc2c1=O. The third-order valence-electron chi connectivity index (χ3n) is 10.8. The minimum Gasteiger partial charge on any atom is -0.488 e. The van der Waals surface area contributed by atoms with Crippen molar-refractivity contribution in [1.82, 2.24) is 4.57 Å². The van der Waals surface area contributed by atoms with Crippen molar-refractivity contribution in [2.45, 2.75) is 56.6 Å². The van der Waals surface area contributed by atoms with Gasteiger partial charge in [-0.05, 0) is 61.1 Å². The van der Waals surface area contributed by atoms with Crippen molar-refractivity contribution in [1.29, 1.82) is 0 Å². The monoisotopic (exact) mass is 845 g/mol. The van der Waals surface area contributed by atoms with Crippen LogP contribution >= 0.6 is 7.82 Å². The van der Waals surface area contributed by atoms with Gasteiger partial charge in [-0.15, -0.1) is 0 Å². The van der Waals surface area contributed by atoms with Crippen LogP contribution in [0.2, 0.25) is 0 Å². The van der Waals surface area contributed by atoms with Crippen molar-refractivity contribution in [3.05, 3.63) is 136 Å².